The van der Waals surface area contributed by atoms with Gasteiger partial charge in [0.25, 0.3) is 0 Å². The van der Waals surface area contributed by atoms with Crippen LogP contribution in [0.3, 0.4) is 0 Å². The number of alkyl halides is 3. The number of pyridine rings is 1. The van der Waals surface area contributed by atoms with Gasteiger partial charge in [-0.1, -0.05) is 0 Å². The maximum absolute atomic E-state index is 12.2. The number of halogens is 3. The highest BCUT2D eigenvalue weighted by Crippen LogP contribution is 2.17. The standard InChI is InChI=1S/C11H12F3N3O3/c1-2-17(6-11(12,13)14)10(20)16-7-3-4-8(9(18)19)15-5-7/h3-5H,2,6H2,1H3,(H,16,20)(H,18,19). The van der Waals surface area contributed by atoms with Crippen molar-refractivity contribution in [1.29, 1.82) is 0 Å². The van der Waals surface area contributed by atoms with Crippen LogP contribution in [0.15, 0.2) is 18.3 Å². The molecule has 20 heavy (non-hydrogen) atoms. The molecule has 0 fully saturated rings. The zero-order valence-electron chi connectivity index (χ0n) is 10.4. The quantitative estimate of drug-likeness (QED) is 0.891. The summed E-state index contributed by atoms with van der Waals surface area (Å²) in [6.07, 6.45) is -3.43. The first-order valence-electron chi connectivity index (χ1n) is 5.55. The molecule has 110 valence electrons. The maximum Gasteiger partial charge on any atom is 0.406 e. The summed E-state index contributed by atoms with van der Waals surface area (Å²) in [6, 6.07) is 1.45. The molecule has 0 aliphatic rings. The molecule has 2 amide bonds. The summed E-state index contributed by atoms with van der Waals surface area (Å²) in [7, 11) is 0. The van der Waals surface area contributed by atoms with Crippen LogP contribution >= 0.6 is 0 Å². The minimum atomic E-state index is -4.49. The Bertz CT molecular complexity index is 488. The van der Waals surface area contributed by atoms with Gasteiger partial charge >= 0.3 is 18.2 Å². The Hall–Kier alpha value is -2.32. The van der Waals surface area contributed by atoms with Crippen molar-refractivity contribution in [2.24, 2.45) is 0 Å². The Morgan fingerprint density at radius 2 is 2.05 bits per heavy atom. The van der Waals surface area contributed by atoms with Crippen molar-refractivity contribution in [3.05, 3.63) is 24.0 Å². The lowest BCUT2D eigenvalue weighted by atomic mass is 10.3. The van der Waals surface area contributed by atoms with E-state index in [0.717, 1.165) is 12.3 Å². The number of aromatic nitrogens is 1. The second-order valence-corrected chi connectivity index (χ2v) is 3.80. The zero-order valence-corrected chi connectivity index (χ0v) is 10.4. The van der Waals surface area contributed by atoms with E-state index in [-0.39, 0.29) is 17.9 Å². The van der Waals surface area contributed by atoms with Gasteiger partial charge in [0.05, 0.1) is 11.9 Å². The molecule has 0 unspecified atom stereocenters. The Kier molecular flexibility index (Phi) is 4.89. The topological polar surface area (TPSA) is 82.5 Å². The summed E-state index contributed by atoms with van der Waals surface area (Å²) in [5.41, 5.74) is -0.119. The van der Waals surface area contributed by atoms with Gasteiger partial charge in [0, 0.05) is 6.54 Å². The second-order valence-electron chi connectivity index (χ2n) is 3.80. The first kappa shape index (κ1) is 15.7. The predicted octanol–water partition coefficient (Wildman–Crippen LogP) is 2.20. The van der Waals surface area contributed by atoms with Crippen molar-refractivity contribution in [3.63, 3.8) is 0 Å². The molecule has 0 radical (unpaired) electrons. The van der Waals surface area contributed by atoms with E-state index in [2.05, 4.69) is 10.3 Å². The van der Waals surface area contributed by atoms with Gasteiger partial charge in [-0.3, -0.25) is 0 Å². The number of nitrogens with zero attached hydrogens (tertiary/aromatic N) is 2. The molecule has 2 N–H and O–H groups in total. The van der Waals surface area contributed by atoms with Crippen molar-refractivity contribution in [2.75, 3.05) is 18.4 Å². The summed E-state index contributed by atoms with van der Waals surface area (Å²) in [5.74, 6) is -1.24. The lowest BCUT2D eigenvalue weighted by Crippen LogP contribution is -2.41. The van der Waals surface area contributed by atoms with E-state index < -0.39 is 24.7 Å². The van der Waals surface area contributed by atoms with Crippen LogP contribution in [0, 0.1) is 0 Å². The largest absolute Gasteiger partial charge is 0.477 e. The molecule has 0 bridgehead atoms. The van der Waals surface area contributed by atoms with E-state index >= 15 is 0 Å². The summed E-state index contributed by atoms with van der Waals surface area (Å²) < 4.78 is 36.7. The lowest BCUT2D eigenvalue weighted by Gasteiger charge is -2.22. The van der Waals surface area contributed by atoms with Crippen LogP contribution in [0.5, 0.6) is 0 Å². The fourth-order valence-corrected chi connectivity index (χ4v) is 1.34. The van der Waals surface area contributed by atoms with E-state index in [1.165, 1.54) is 13.0 Å². The van der Waals surface area contributed by atoms with E-state index in [4.69, 9.17) is 5.11 Å². The number of nitrogens with one attached hydrogen (secondary N) is 1. The maximum atomic E-state index is 12.2. The lowest BCUT2D eigenvalue weighted by molar-refractivity contribution is -0.139. The van der Waals surface area contributed by atoms with Gasteiger partial charge in [-0.15, -0.1) is 0 Å². The van der Waals surface area contributed by atoms with Gasteiger partial charge in [0.2, 0.25) is 0 Å². The summed E-state index contributed by atoms with van der Waals surface area (Å²) in [5, 5.41) is 10.8. The first-order chi connectivity index (χ1) is 9.23. The number of rotatable bonds is 4. The number of carbonyl (C=O) groups is 2. The Morgan fingerprint density at radius 1 is 1.40 bits per heavy atom. The van der Waals surface area contributed by atoms with Crippen molar-refractivity contribution in [2.45, 2.75) is 13.1 Å². The number of hydrogen-bond acceptors (Lipinski definition) is 3. The van der Waals surface area contributed by atoms with E-state index in [9.17, 15) is 22.8 Å². The number of carbonyl (C=O) groups excluding carboxylic acids is 1. The minimum absolute atomic E-state index is 0.112. The van der Waals surface area contributed by atoms with Gasteiger partial charge in [-0.2, -0.15) is 13.2 Å². The normalized spacial score (nSPS) is 11.0. The van der Waals surface area contributed by atoms with E-state index in [1.54, 1.807) is 0 Å². The smallest absolute Gasteiger partial charge is 0.406 e. The molecule has 0 aliphatic heterocycles. The molecule has 0 saturated heterocycles. The van der Waals surface area contributed by atoms with Crippen molar-refractivity contribution in [3.8, 4) is 0 Å². The third kappa shape index (κ3) is 4.75. The van der Waals surface area contributed by atoms with Crippen LogP contribution < -0.4 is 5.32 Å². The van der Waals surface area contributed by atoms with Crippen molar-refractivity contribution >= 4 is 17.7 Å². The Labute approximate surface area is 112 Å². The number of amides is 2. The molecular formula is C11H12F3N3O3. The number of carboxylic acids is 1. The molecule has 1 rings (SSSR count). The summed E-state index contributed by atoms with van der Waals surface area (Å²) >= 11 is 0. The number of carboxylic acid groups (broad SMARTS) is 1. The van der Waals surface area contributed by atoms with Crippen LogP contribution in [0.25, 0.3) is 0 Å². The predicted molar refractivity (Wildman–Crippen MR) is 63.5 cm³/mol. The summed E-state index contributed by atoms with van der Waals surface area (Å²) in [6.45, 7) is -0.0704. The van der Waals surface area contributed by atoms with Crippen LogP contribution in [0.4, 0.5) is 23.7 Å². The SMILES string of the molecule is CCN(CC(F)(F)F)C(=O)Nc1ccc(C(=O)O)nc1. The second kappa shape index (κ2) is 6.22. The van der Waals surface area contributed by atoms with Gasteiger partial charge in [-0.05, 0) is 19.1 Å². The van der Waals surface area contributed by atoms with Crippen LogP contribution in [0.1, 0.15) is 17.4 Å². The van der Waals surface area contributed by atoms with E-state index in [1.807, 2.05) is 0 Å². The molecule has 0 aromatic carbocycles. The number of urea groups is 1. The number of hydrogen-bond donors (Lipinski definition) is 2. The van der Waals surface area contributed by atoms with Gasteiger partial charge in [0.1, 0.15) is 12.2 Å². The molecule has 0 saturated carbocycles. The average molecular weight is 291 g/mol. The fourth-order valence-electron chi connectivity index (χ4n) is 1.34. The van der Waals surface area contributed by atoms with Crippen LogP contribution in [-0.4, -0.2) is 46.3 Å². The molecule has 0 atom stereocenters. The molecule has 1 heterocycles. The van der Waals surface area contributed by atoms with Gasteiger partial charge < -0.3 is 15.3 Å². The number of anilines is 1. The fraction of sp³-hybridized carbons (Fsp3) is 0.364. The van der Waals surface area contributed by atoms with Crippen molar-refractivity contribution < 1.29 is 27.9 Å². The van der Waals surface area contributed by atoms with Gasteiger partial charge in [0.15, 0.2) is 0 Å². The molecule has 0 spiro atoms. The monoisotopic (exact) mass is 291 g/mol. The average Bonchev–Trinajstić information content (AvgIpc) is 2.35. The molecule has 1 aromatic rings. The zero-order chi connectivity index (χ0) is 15.3. The third-order valence-electron chi connectivity index (χ3n) is 2.27. The third-order valence-corrected chi connectivity index (χ3v) is 2.27. The minimum Gasteiger partial charge on any atom is -0.477 e. The van der Waals surface area contributed by atoms with E-state index in [0.29, 0.717) is 4.90 Å². The van der Waals surface area contributed by atoms with Gasteiger partial charge in [-0.25, -0.2) is 14.6 Å². The first-order valence-corrected chi connectivity index (χ1v) is 5.55. The Balaban J connectivity index is 2.71. The molecule has 0 aliphatic carbocycles. The van der Waals surface area contributed by atoms with Crippen LogP contribution in [-0.2, 0) is 0 Å². The highest BCUT2D eigenvalue weighted by Gasteiger charge is 2.32. The highest BCUT2D eigenvalue weighted by molar-refractivity contribution is 5.90. The van der Waals surface area contributed by atoms with Crippen LogP contribution in [0.2, 0.25) is 0 Å². The molecule has 1 aromatic heterocycles. The molecular weight excluding hydrogens is 279 g/mol. The molecule has 6 nitrogen and oxygen atoms in total. The number of aromatic carboxylic acids is 1. The molecule has 9 heteroatoms. The highest BCUT2D eigenvalue weighted by atomic mass is 19.4. The summed E-state index contributed by atoms with van der Waals surface area (Å²) in [4.78, 5) is 26.3. The van der Waals surface area contributed by atoms with Crippen molar-refractivity contribution in [1.82, 2.24) is 9.88 Å². The Morgan fingerprint density at radius 3 is 2.45 bits per heavy atom.